The number of thioether (sulfide) groups is 1. The van der Waals surface area contributed by atoms with E-state index in [1.165, 1.54) is 17.3 Å². The third kappa shape index (κ3) is 5.47. The van der Waals surface area contributed by atoms with E-state index in [2.05, 4.69) is 15.5 Å². The molecule has 6 nitrogen and oxygen atoms in total. The number of hydrogen-bond acceptors (Lipinski definition) is 5. The molecule has 0 radical (unpaired) electrons. The Morgan fingerprint density at radius 2 is 1.83 bits per heavy atom. The van der Waals surface area contributed by atoms with Crippen LogP contribution in [-0.4, -0.2) is 26.4 Å². The van der Waals surface area contributed by atoms with E-state index in [4.69, 9.17) is 27.9 Å². The van der Waals surface area contributed by atoms with Crippen molar-refractivity contribution in [2.75, 3.05) is 11.1 Å². The molecule has 3 rings (SSSR count). The van der Waals surface area contributed by atoms with Crippen molar-refractivity contribution in [1.29, 1.82) is 0 Å². The number of anilines is 1. The molecule has 0 fully saturated rings. The van der Waals surface area contributed by atoms with Crippen LogP contribution >= 0.6 is 35.0 Å². The number of aromatic nitrogens is 3. The predicted octanol–water partition coefficient (Wildman–Crippen LogP) is 5.78. The standard InChI is InChI=1S/C21H22Cl2N4O2S/c1-4-27-20(14(3)29-15-10-8-13(2)9-11-15)25-26-21(27)30-12-18(28)24-19-16(22)6-5-7-17(19)23/h5-11,14H,4,12H2,1-3H3,(H,24,28). The first-order chi connectivity index (χ1) is 14.4. The maximum atomic E-state index is 12.4. The van der Waals surface area contributed by atoms with Crippen molar-refractivity contribution in [3.05, 3.63) is 63.9 Å². The molecule has 1 aromatic heterocycles. The van der Waals surface area contributed by atoms with E-state index in [0.717, 1.165) is 5.75 Å². The summed E-state index contributed by atoms with van der Waals surface area (Å²) in [6, 6.07) is 12.9. The topological polar surface area (TPSA) is 69.0 Å². The van der Waals surface area contributed by atoms with Crippen molar-refractivity contribution in [3.8, 4) is 5.75 Å². The zero-order valence-corrected chi connectivity index (χ0v) is 19.2. The van der Waals surface area contributed by atoms with Gasteiger partial charge < -0.3 is 14.6 Å². The van der Waals surface area contributed by atoms with Gasteiger partial charge in [-0.05, 0) is 45.0 Å². The highest BCUT2D eigenvalue weighted by Gasteiger charge is 2.20. The van der Waals surface area contributed by atoms with Crippen molar-refractivity contribution in [2.45, 2.75) is 38.6 Å². The maximum Gasteiger partial charge on any atom is 0.234 e. The van der Waals surface area contributed by atoms with E-state index in [-0.39, 0.29) is 17.8 Å². The highest BCUT2D eigenvalue weighted by molar-refractivity contribution is 7.99. The molecule has 0 aliphatic rings. The molecule has 1 amide bonds. The molecule has 1 heterocycles. The number of ether oxygens (including phenoxy) is 1. The lowest BCUT2D eigenvalue weighted by molar-refractivity contribution is -0.113. The number of nitrogens with one attached hydrogen (secondary N) is 1. The largest absolute Gasteiger partial charge is 0.483 e. The van der Waals surface area contributed by atoms with Gasteiger partial charge in [0.05, 0.1) is 21.5 Å². The first kappa shape index (κ1) is 22.5. The van der Waals surface area contributed by atoms with Crippen LogP contribution in [0, 0.1) is 6.92 Å². The van der Waals surface area contributed by atoms with Gasteiger partial charge in [-0.2, -0.15) is 0 Å². The van der Waals surface area contributed by atoms with Crippen LogP contribution in [0.25, 0.3) is 0 Å². The molecule has 2 aromatic carbocycles. The predicted molar refractivity (Wildman–Crippen MR) is 122 cm³/mol. The Kier molecular flexibility index (Phi) is 7.64. The first-order valence-electron chi connectivity index (χ1n) is 9.42. The van der Waals surface area contributed by atoms with Crippen LogP contribution in [0.5, 0.6) is 5.75 Å². The summed E-state index contributed by atoms with van der Waals surface area (Å²) < 4.78 is 7.94. The molecule has 0 aliphatic heterocycles. The molecule has 0 bridgehead atoms. The van der Waals surface area contributed by atoms with Crippen molar-refractivity contribution >= 4 is 46.6 Å². The Bertz CT molecular complexity index is 1000. The lowest BCUT2D eigenvalue weighted by Crippen LogP contribution is -2.16. The molecule has 3 aromatic rings. The Balaban J connectivity index is 1.65. The zero-order valence-electron chi connectivity index (χ0n) is 16.9. The SMILES string of the molecule is CCn1c(SCC(=O)Nc2c(Cl)cccc2Cl)nnc1C(C)Oc1ccc(C)cc1. The Morgan fingerprint density at radius 1 is 1.17 bits per heavy atom. The number of nitrogens with zero attached hydrogens (tertiary/aromatic N) is 3. The highest BCUT2D eigenvalue weighted by atomic mass is 35.5. The third-order valence-electron chi connectivity index (χ3n) is 4.32. The first-order valence-corrected chi connectivity index (χ1v) is 11.2. The monoisotopic (exact) mass is 464 g/mol. The van der Waals surface area contributed by atoms with Crippen molar-refractivity contribution in [3.63, 3.8) is 0 Å². The smallest absolute Gasteiger partial charge is 0.234 e. The molecule has 0 aliphatic carbocycles. The second kappa shape index (κ2) is 10.2. The fourth-order valence-electron chi connectivity index (χ4n) is 2.80. The van der Waals surface area contributed by atoms with Gasteiger partial charge in [0.2, 0.25) is 5.91 Å². The molecule has 9 heteroatoms. The highest BCUT2D eigenvalue weighted by Crippen LogP contribution is 2.30. The van der Waals surface area contributed by atoms with Crippen LogP contribution in [-0.2, 0) is 11.3 Å². The number of aryl methyl sites for hydroxylation is 1. The van der Waals surface area contributed by atoms with Crippen LogP contribution in [0.4, 0.5) is 5.69 Å². The number of hydrogen-bond donors (Lipinski definition) is 1. The van der Waals surface area contributed by atoms with Gasteiger partial charge >= 0.3 is 0 Å². The summed E-state index contributed by atoms with van der Waals surface area (Å²) in [4.78, 5) is 12.4. The minimum Gasteiger partial charge on any atom is -0.483 e. The van der Waals surface area contributed by atoms with Gasteiger partial charge in [0.1, 0.15) is 5.75 Å². The van der Waals surface area contributed by atoms with Crippen LogP contribution in [0.1, 0.15) is 31.3 Å². The summed E-state index contributed by atoms with van der Waals surface area (Å²) >= 11 is 13.5. The number of carbonyl (C=O) groups excluding carboxylic acids is 1. The fourth-order valence-corrected chi connectivity index (χ4v) is 4.10. The molecule has 1 unspecified atom stereocenters. The fraction of sp³-hybridized carbons (Fsp3) is 0.286. The van der Waals surface area contributed by atoms with Gasteiger partial charge in [0.15, 0.2) is 17.1 Å². The van der Waals surface area contributed by atoms with Crippen molar-refractivity contribution < 1.29 is 9.53 Å². The average molecular weight is 465 g/mol. The molecule has 0 saturated carbocycles. The number of para-hydroxylation sites is 1. The van der Waals surface area contributed by atoms with E-state index in [0.29, 0.717) is 33.3 Å². The normalized spacial score (nSPS) is 11.9. The van der Waals surface area contributed by atoms with Gasteiger partial charge in [0, 0.05) is 6.54 Å². The molecule has 1 N–H and O–H groups in total. The van der Waals surface area contributed by atoms with Gasteiger partial charge in [-0.15, -0.1) is 10.2 Å². The van der Waals surface area contributed by atoms with Crippen LogP contribution < -0.4 is 10.1 Å². The number of amides is 1. The summed E-state index contributed by atoms with van der Waals surface area (Å²) in [5.41, 5.74) is 1.57. The van der Waals surface area contributed by atoms with Gasteiger partial charge in [0.25, 0.3) is 0 Å². The summed E-state index contributed by atoms with van der Waals surface area (Å²) in [7, 11) is 0. The lowest BCUT2D eigenvalue weighted by Gasteiger charge is -2.15. The number of halogens is 2. The molecular weight excluding hydrogens is 443 g/mol. The molecule has 0 spiro atoms. The summed E-state index contributed by atoms with van der Waals surface area (Å²) in [6.45, 7) is 6.61. The van der Waals surface area contributed by atoms with Crippen LogP contribution in [0.3, 0.4) is 0 Å². The van der Waals surface area contributed by atoms with Crippen molar-refractivity contribution in [2.24, 2.45) is 0 Å². The third-order valence-corrected chi connectivity index (χ3v) is 5.92. The second-order valence-corrected chi connectivity index (χ2v) is 8.35. The van der Waals surface area contributed by atoms with Crippen molar-refractivity contribution in [1.82, 2.24) is 14.8 Å². The summed E-state index contributed by atoms with van der Waals surface area (Å²) in [6.07, 6.45) is -0.287. The number of carbonyl (C=O) groups is 1. The molecule has 158 valence electrons. The average Bonchev–Trinajstić information content (AvgIpc) is 3.14. The second-order valence-electron chi connectivity index (χ2n) is 6.59. The number of rotatable bonds is 8. The number of benzene rings is 2. The van der Waals surface area contributed by atoms with E-state index >= 15 is 0 Å². The molecular formula is C21H22Cl2N4O2S. The Hall–Kier alpha value is -2.22. The summed E-state index contributed by atoms with van der Waals surface area (Å²) in [5.74, 6) is 1.39. The van der Waals surface area contributed by atoms with Crippen LogP contribution in [0.15, 0.2) is 47.6 Å². The Labute approximate surface area is 189 Å². The molecule has 1 atom stereocenters. The van der Waals surface area contributed by atoms with E-state index in [1.807, 2.05) is 49.6 Å². The van der Waals surface area contributed by atoms with E-state index in [1.54, 1.807) is 18.2 Å². The minimum absolute atomic E-state index is 0.146. The van der Waals surface area contributed by atoms with Gasteiger partial charge in [-0.3, -0.25) is 4.79 Å². The zero-order chi connectivity index (χ0) is 21.7. The van der Waals surface area contributed by atoms with E-state index in [9.17, 15) is 4.79 Å². The summed E-state index contributed by atoms with van der Waals surface area (Å²) in [5, 5.41) is 12.7. The quantitative estimate of drug-likeness (QED) is 0.427. The maximum absolute atomic E-state index is 12.4. The molecule has 0 saturated heterocycles. The van der Waals surface area contributed by atoms with Crippen LogP contribution in [0.2, 0.25) is 10.0 Å². The van der Waals surface area contributed by atoms with E-state index < -0.39 is 0 Å². The van der Waals surface area contributed by atoms with Gasteiger partial charge in [-0.1, -0.05) is 58.7 Å². The lowest BCUT2D eigenvalue weighted by atomic mass is 10.2. The van der Waals surface area contributed by atoms with Gasteiger partial charge in [-0.25, -0.2) is 0 Å². The molecule has 30 heavy (non-hydrogen) atoms. The minimum atomic E-state index is -0.287. The Morgan fingerprint density at radius 3 is 2.47 bits per heavy atom.